The molecule has 0 aliphatic heterocycles. The average Bonchev–Trinajstić information content (AvgIpc) is 2.69. The molecule has 0 aliphatic carbocycles. The largest absolute Gasteiger partial charge is 0.496 e. The van der Waals surface area contributed by atoms with E-state index in [4.69, 9.17) is 9.47 Å². The molecule has 0 saturated heterocycles. The lowest BCUT2D eigenvalue weighted by Crippen LogP contribution is -2.43. The van der Waals surface area contributed by atoms with Gasteiger partial charge in [0.1, 0.15) is 5.75 Å². The standard InChI is InChI=1S/C18H16BrN3O6/c1-27-15-8-7-13(19)10-12(15)6-9-17(23)20-21-18(24)11-28-16-5-3-2-4-14(16)22(25)26/h2-10H,11H2,1H3,(H,20,23)(H,21,24). The van der Waals surface area contributed by atoms with Crippen LogP contribution in [0.5, 0.6) is 11.5 Å². The molecule has 2 rings (SSSR count). The van der Waals surface area contributed by atoms with Gasteiger partial charge in [-0.05, 0) is 30.3 Å². The summed E-state index contributed by atoms with van der Waals surface area (Å²) in [5.41, 5.74) is 4.75. The van der Waals surface area contributed by atoms with Crippen molar-refractivity contribution in [2.24, 2.45) is 0 Å². The quantitative estimate of drug-likeness (QED) is 0.380. The molecule has 0 unspecified atom stereocenters. The van der Waals surface area contributed by atoms with Crippen LogP contribution < -0.4 is 20.3 Å². The van der Waals surface area contributed by atoms with E-state index in [1.54, 1.807) is 24.3 Å². The Balaban J connectivity index is 1.85. The SMILES string of the molecule is COc1ccc(Br)cc1C=CC(=O)NNC(=O)COc1ccccc1[N+](=O)[O-]. The van der Waals surface area contributed by atoms with Gasteiger partial charge in [0.15, 0.2) is 12.4 Å². The number of amides is 2. The summed E-state index contributed by atoms with van der Waals surface area (Å²) in [4.78, 5) is 33.8. The maximum Gasteiger partial charge on any atom is 0.310 e. The third-order valence-corrected chi connectivity index (χ3v) is 3.85. The number of para-hydroxylation sites is 2. The van der Waals surface area contributed by atoms with Gasteiger partial charge in [-0.15, -0.1) is 0 Å². The number of carbonyl (C=O) groups is 2. The number of ether oxygens (including phenoxy) is 2. The van der Waals surface area contributed by atoms with E-state index < -0.39 is 23.3 Å². The molecule has 0 saturated carbocycles. The minimum absolute atomic E-state index is 0.0457. The molecule has 2 amide bonds. The molecule has 146 valence electrons. The van der Waals surface area contributed by atoms with E-state index in [2.05, 4.69) is 26.8 Å². The predicted octanol–water partition coefficient (Wildman–Crippen LogP) is 2.61. The van der Waals surface area contributed by atoms with Crippen LogP contribution >= 0.6 is 15.9 Å². The molecule has 0 spiro atoms. The van der Waals surface area contributed by atoms with E-state index in [0.29, 0.717) is 11.3 Å². The smallest absolute Gasteiger partial charge is 0.310 e. The second kappa shape index (κ2) is 10.1. The number of hydrazine groups is 1. The number of methoxy groups -OCH3 is 1. The minimum atomic E-state index is -0.681. The van der Waals surface area contributed by atoms with Crippen LogP contribution in [-0.4, -0.2) is 30.5 Å². The summed E-state index contributed by atoms with van der Waals surface area (Å²) in [7, 11) is 1.51. The summed E-state index contributed by atoms with van der Waals surface area (Å²) < 4.78 is 11.1. The first-order valence-corrected chi connectivity index (χ1v) is 8.66. The van der Waals surface area contributed by atoms with Gasteiger partial charge in [0.2, 0.25) is 0 Å². The molecule has 0 bridgehead atoms. The maximum atomic E-state index is 11.8. The highest BCUT2D eigenvalue weighted by Gasteiger charge is 2.15. The van der Waals surface area contributed by atoms with Gasteiger partial charge in [0.05, 0.1) is 12.0 Å². The van der Waals surface area contributed by atoms with Crippen molar-refractivity contribution in [2.75, 3.05) is 13.7 Å². The number of nitro benzene ring substituents is 1. The summed E-state index contributed by atoms with van der Waals surface area (Å²) in [6, 6.07) is 11.0. The predicted molar refractivity (Wildman–Crippen MR) is 105 cm³/mol. The summed E-state index contributed by atoms with van der Waals surface area (Å²) >= 11 is 3.33. The van der Waals surface area contributed by atoms with Gasteiger partial charge in [0.25, 0.3) is 11.8 Å². The lowest BCUT2D eigenvalue weighted by molar-refractivity contribution is -0.385. The van der Waals surface area contributed by atoms with Crippen LogP contribution in [0.4, 0.5) is 5.69 Å². The minimum Gasteiger partial charge on any atom is -0.496 e. The van der Waals surface area contributed by atoms with Crippen molar-refractivity contribution in [1.29, 1.82) is 0 Å². The highest BCUT2D eigenvalue weighted by Crippen LogP contribution is 2.25. The highest BCUT2D eigenvalue weighted by atomic mass is 79.9. The van der Waals surface area contributed by atoms with Crippen LogP contribution in [0.15, 0.2) is 53.0 Å². The van der Waals surface area contributed by atoms with Gasteiger partial charge in [-0.25, -0.2) is 0 Å². The molecule has 0 fully saturated rings. The third kappa shape index (κ3) is 6.09. The topological polar surface area (TPSA) is 120 Å². The highest BCUT2D eigenvalue weighted by molar-refractivity contribution is 9.10. The fraction of sp³-hybridized carbons (Fsp3) is 0.111. The molecule has 10 heteroatoms. The normalized spacial score (nSPS) is 10.4. The number of nitro groups is 1. The van der Waals surface area contributed by atoms with Gasteiger partial charge in [-0.1, -0.05) is 28.1 Å². The zero-order valence-electron chi connectivity index (χ0n) is 14.7. The number of hydrogen-bond donors (Lipinski definition) is 2. The zero-order chi connectivity index (χ0) is 20.5. The van der Waals surface area contributed by atoms with Crippen LogP contribution in [0.25, 0.3) is 6.08 Å². The van der Waals surface area contributed by atoms with E-state index in [-0.39, 0.29) is 11.4 Å². The second-order valence-electron chi connectivity index (χ2n) is 5.27. The van der Waals surface area contributed by atoms with Gasteiger partial charge in [0, 0.05) is 22.2 Å². The van der Waals surface area contributed by atoms with Gasteiger partial charge < -0.3 is 9.47 Å². The number of nitrogens with one attached hydrogen (secondary N) is 2. The van der Waals surface area contributed by atoms with Crippen molar-refractivity contribution in [3.8, 4) is 11.5 Å². The molecule has 28 heavy (non-hydrogen) atoms. The van der Waals surface area contributed by atoms with E-state index in [1.165, 1.54) is 37.5 Å². The van der Waals surface area contributed by atoms with E-state index in [1.807, 2.05) is 0 Å². The van der Waals surface area contributed by atoms with Crippen LogP contribution in [0.1, 0.15) is 5.56 Å². The van der Waals surface area contributed by atoms with Crippen LogP contribution in [0, 0.1) is 10.1 Å². The van der Waals surface area contributed by atoms with Crippen molar-refractivity contribution < 1.29 is 24.0 Å². The lowest BCUT2D eigenvalue weighted by atomic mass is 10.2. The fourth-order valence-corrected chi connectivity index (χ4v) is 2.46. The van der Waals surface area contributed by atoms with Crippen molar-refractivity contribution in [1.82, 2.24) is 10.9 Å². The summed E-state index contributed by atoms with van der Waals surface area (Å²) in [5.74, 6) is -0.731. The average molecular weight is 450 g/mol. The summed E-state index contributed by atoms with van der Waals surface area (Å²) in [6.45, 7) is -0.506. The molecule has 2 aromatic carbocycles. The number of nitrogens with zero attached hydrogens (tertiary/aromatic N) is 1. The Bertz CT molecular complexity index is 916. The molecule has 2 N–H and O–H groups in total. The lowest BCUT2D eigenvalue weighted by Gasteiger charge is -2.08. The number of carbonyl (C=O) groups excluding carboxylic acids is 2. The number of halogens is 1. The van der Waals surface area contributed by atoms with E-state index >= 15 is 0 Å². The second-order valence-corrected chi connectivity index (χ2v) is 6.19. The molecule has 0 aliphatic rings. The Morgan fingerprint density at radius 2 is 1.93 bits per heavy atom. The van der Waals surface area contributed by atoms with E-state index in [9.17, 15) is 19.7 Å². The third-order valence-electron chi connectivity index (χ3n) is 3.35. The first kappa shape index (κ1) is 20.9. The van der Waals surface area contributed by atoms with Crippen molar-refractivity contribution in [3.05, 3.63) is 68.7 Å². The van der Waals surface area contributed by atoms with Gasteiger partial charge >= 0.3 is 5.69 Å². The number of hydrogen-bond acceptors (Lipinski definition) is 6. The monoisotopic (exact) mass is 449 g/mol. The van der Waals surface area contributed by atoms with Crippen LogP contribution in [-0.2, 0) is 9.59 Å². The van der Waals surface area contributed by atoms with Crippen molar-refractivity contribution in [3.63, 3.8) is 0 Å². The van der Waals surface area contributed by atoms with Gasteiger partial charge in [-0.3, -0.25) is 30.6 Å². The Morgan fingerprint density at radius 3 is 2.64 bits per heavy atom. The Hall–Kier alpha value is -3.40. The van der Waals surface area contributed by atoms with Gasteiger partial charge in [-0.2, -0.15) is 0 Å². The molecular weight excluding hydrogens is 434 g/mol. The molecule has 0 aromatic heterocycles. The van der Waals surface area contributed by atoms with Crippen molar-refractivity contribution in [2.45, 2.75) is 0 Å². The Morgan fingerprint density at radius 1 is 1.18 bits per heavy atom. The first-order chi connectivity index (χ1) is 13.4. The molecule has 0 radical (unpaired) electrons. The van der Waals surface area contributed by atoms with E-state index in [0.717, 1.165) is 4.47 Å². The molecule has 9 nitrogen and oxygen atoms in total. The molecular formula is C18H16BrN3O6. The molecule has 0 heterocycles. The number of rotatable bonds is 7. The number of benzene rings is 2. The van der Waals surface area contributed by atoms with Crippen molar-refractivity contribution >= 4 is 39.5 Å². The summed E-state index contributed by atoms with van der Waals surface area (Å²) in [5, 5.41) is 10.9. The Kier molecular flexibility index (Phi) is 7.52. The first-order valence-electron chi connectivity index (χ1n) is 7.87. The van der Waals surface area contributed by atoms with Crippen LogP contribution in [0.3, 0.4) is 0 Å². The maximum absolute atomic E-state index is 11.8. The summed E-state index contributed by atoms with van der Waals surface area (Å²) in [6.07, 6.45) is 2.74. The Labute approximate surface area is 168 Å². The zero-order valence-corrected chi connectivity index (χ0v) is 16.3. The van der Waals surface area contributed by atoms with Crippen LogP contribution in [0.2, 0.25) is 0 Å². The molecule has 0 atom stereocenters. The fourth-order valence-electron chi connectivity index (χ4n) is 2.08. The molecule has 2 aromatic rings.